The second-order valence-corrected chi connectivity index (χ2v) is 18.3. The lowest BCUT2D eigenvalue weighted by Gasteiger charge is -2.40. The van der Waals surface area contributed by atoms with E-state index in [1.807, 2.05) is 32.0 Å². The smallest absolute Gasteiger partial charge is 0.430 e. The van der Waals surface area contributed by atoms with E-state index in [1.165, 1.54) is 12.1 Å². The van der Waals surface area contributed by atoms with Crippen LogP contribution in [0.25, 0.3) is 10.9 Å². The molecule has 0 bridgehead atoms. The molecule has 2 fully saturated rings. The minimum atomic E-state index is -5.19. The third-order valence-corrected chi connectivity index (χ3v) is 12.6. The van der Waals surface area contributed by atoms with Crippen molar-refractivity contribution in [3.05, 3.63) is 63.3 Å². The summed E-state index contributed by atoms with van der Waals surface area (Å²) in [6, 6.07) is 10.3. The van der Waals surface area contributed by atoms with Crippen molar-refractivity contribution in [3.63, 3.8) is 0 Å². The highest BCUT2D eigenvalue weighted by molar-refractivity contribution is 7.89. The maximum atomic E-state index is 14.1. The van der Waals surface area contributed by atoms with Crippen LogP contribution in [-0.4, -0.2) is 117 Å². The minimum absolute atomic E-state index is 0.0183. The predicted octanol–water partition coefficient (Wildman–Crippen LogP) is 4.50. The molecule has 0 spiro atoms. The van der Waals surface area contributed by atoms with Gasteiger partial charge in [-0.25, -0.2) is 13.4 Å². The molecular formula is C39H51Cl2F3N6O7S. The molecule has 2 heterocycles. The fourth-order valence-corrected chi connectivity index (χ4v) is 9.44. The number of fused-ring (bicyclic) bond motifs is 1. The van der Waals surface area contributed by atoms with Crippen LogP contribution in [-0.2, 0) is 31.0 Å². The van der Waals surface area contributed by atoms with Crippen LogP contribution in [0.3, 0.4) is 0 Å². The molecule has 2 aromatic carbocycles. The molecule has 2 aliphatic rings. The number of carboxylic acids is 1. The van der Waals surface area contributed by atoms with Crippen LogP contribution in [0.2, 0.25) is 10.0 Å². The van der Waals surface area contributed by atoms with Crippen molar-refractivity contribution >= 4 is 61.9 Å². The molecule has 320 valence electrons. The number of quaternary nitrogens is 1. The van der Waals surface area contributed by atoms with E-state index in [0.29, 0.717) is 68.7 Å². The first-order chi connectivity index (χ1) is 26.9. The van der Waals surface area contributed by atoms with E-state index in [9.17, 15) is 31.2 Å². The predicted molar refractivity (Wildman–Crippen MR) is 212 cm³/mol. The number of benzene rings is 2. The SMILES string of the molecule is Cc1cc(C)c2cccc(OCc3c(Cl)ccc(S(=O)(=O)NC4(C(=O)N5CCN(C(=O)C[C@@H](N)CCC[N+](C)(C)C)CC5)CCCC4)c3Cl)c2n1.O=C([O-])C(F)(F)F. The molecule has 0 unspecified atom stereocenters. The summed E-state index contributed by atoms with van der Waals surface area (Å²) in [5, 5.41) is 9.91. The average molecular weight is 876 g/mol. The van der Waals surface area contributed by atoms with Crippen molar-refractivity contribution in [1.29, 1.82) is 0 Å². The highest BCUT2D eigenvalue weighted by Crippen LogP contribution is 2.37. The first-order valence-corrected chi connectivity index (χ1v) is 21.1. The third-order valence-electron chi connectivity index (χ3n) is 10.1. The number of carbonyl (C=O) groups excluding carboxylic acids is 3. The molecule has 2 amide bonds. The van der Waals surface area contributed by atoms with Crippen LogP contribution >= 0.6 is 23.2 Å². The van der Waals surface area contributed by atoms with E-state index < -0.39 is 27.7 Å². The van der Waals surface area contributed by atoms with Gasteiger partial charge in [0, 0.05) is 60.3 Å². The number of aliphatic carboxylic acids is 1. The summed E-state index contributed by atoms with van der Waals surface area (Å²) in [6.45, 7) is 6.18. The number of sulfonamides is 1. The van der Waals surface area contributed by atoms with E-state index in [0.717, 1.165) is 40.5 Å². The number of pyridine rings is 1. The van der Waals surface area contributed by atoms with Gasteiger partial charge < -0.3 is 34.7 Å². The van der Waals surface area contributed by atoms with E-state index in [4.69, 9.17) is 43.6 Å². The Balaban J connectivity index is 0.000000973. The lowest BCUT2D eigenvalue weighted by atomic mass is 9.96. The maximum absolute atomic E-state index is 14.1. The largest absolute Gasteiger partial charge is 0.542 e. The Morgan fingerprint density at radius 2 is 1.64 bits per heavy atom. The Kier molecular flexibility index (Phi) is 15.5. The molecule has 1 aliphatic carbocycles. The minimum Gasteiger partial charge on any atom is -0.542 e. The highest BCUT2D eigenvalue weighted by Gasteiger charge is 2.47. The summed E-state index contributed by atoms with van der Waals surface area (Å²) in [6.07, 6.45) is -1.09. The summed E-state index contributed by atoms with van der Waals surface area (Å²) < 4.78 is 69.4. The van der Waals surface area contributed by atoms with Crippen molar-refractivity contribution in [3.8, 4) is 5.75 Å². The quantitative estimate of drug-likeness (QED) is 0.235. The zero-order valence-corrected chi connectivity index (χ0v) is 35.6. The highest BCUT2D eigenvalue weighted by atomic mass is 35.5. The molecule has 3 aromatic rings. The molecular weight excluding hydrogens is 824 g/mol. The first-order valence-electron chi connectivity index (χ1n) is 18.9. The van der Waals surface area contributed by atoms with Crippen LogP contribution in [0.1, 0.15) is 61.8 Å². The van der Waals surface area contributed by atoms with Gasteiger partial charge in [0.2, 0.25) is 21.8 Å². The van der Waals surface area contributed by atoms with Crippen molar-refractivity contribution in [1.82, 2.24) is 19.5 Å². The zero-order chi connectivity index (χ0) is 43.2. The molecule has 3 N–H and O–H groups in total. The number of piperazine rings is 1. The summed E-state index contributed by atoms with van der Waals surface area (Å²) in [5.74, 6) is -2.79. The fourth-order valence-electron chi connectivity index (χ4n) is 7.13. The van der Waals surface area contributed by atoms with Crippen LogP contribution in [0.15, 0.2) is 41.3 Å². The maximum Gasteiger partial charge on any atom is 0.430 e. The molecule has 19 heteroatoms. The van der Waals surface area contributed by atoms with Gasteiger partial charge >= 0.3 is 6.18 Å². The summed E-state index contributed by atoms with van der Waals surface area (Å²) in [5.41, 5.74) is 7.87. The number of hydrogen-bond donors (Lipinski definition) is 2. The number of carbonyl (C=O) groups is 3. The van der Waals surface area contributed by atoms with Gasteiger partial charge in [-0.2, -0.15) is 17.9 Å². The van der Waals surface area contributed by atoms with E-state index in [-0.39, 0.29) is 45.8 Å². The van der Waals surface area contributed by atoms with E-state index in [1.54, 1.807) is 15.9 Å². The third kappa shape index (κ3) is 12.2. The van der Waals surface area contributed by atoms with Crippen LogP contribution in [0, 0.1) is 13.8 Å². The van der Waals surface area contributed by atoms with Crippen molar-refractivity contribution in [2.75, 3.05) is 53.9 Å². The van der Waals surface area contributed by atoms with Gasteiger partial charge in [0.25, 0.3) is 0 Å². The molecule has 13 nitrogen and oxygen atoms in total. The number of aromatic nitrogens is 1. The number of carboxylic acid groups (broad SMARTS) is 1. The van der Waals surface area contributed by atoms with Gasteiger partial charge in [-0.05, 0) is 69.4 Å². The second kappa shape index (κ2) is 19.1. The summed E-state index contributed by atoms with van der Waals surface area (Å²) >= 11 is 13.3. The fraction of sp³-hybridized carbons (Fsp3) is 0.538. The number of hydrogen-bond acceptors (Lipinski definition) is 9. The number of alkyl halides is 3. The number of halogens is 5. The lowest BCUT2D eigenvalue weighted by molar-refractivity contribution is -0.870. The Morgan fingerprint density at radius 3 is 2.22 bits per heavy atom. The molecule has 1 saturated carbocycles. The molecule has 1 aliphatic heterocycles. The van der Waals surface area contributed by atoms with Crippen molar-refractivity contribution < 1.29 is 50.3 Å². The number of para-hydroxylation sites is 1. The molecule has 1 atom stereocenters. The number of aryl methyl sites for hydroxylation is 2. The molecule has 0 radical (unpaired) electrons. The number of nitrogens with one attached hydrogen (secondary N) is 1. The topological polar surface area (TPSA) is 175 Å². The number of amides is 2. The van der Waals surface area contributed by atoms with Crippen LogP contribution < -0.4 is 20.3 Å². The van der Waals surface area contributed by atoms with Gasteiger partial charge in [0.15, 0.2) is 0 Å². The number of ether oxygens (including phenoxy) is 1. The molecule has 1 aromatic heterocycles. The second-order valence-electron chi connectivity index (χ2n) is 15.8. The standard InChI is InChI=1S/C37H51Cl2N6O5S.C2HF3O2/c1-25-22-26(2)41-35-28(25)11-8-12-31(35)50-24-29-30(38)13-14-32(34(29)39)51(48,49)42-37(15-6-7-16-37)36(47)44-19-17-43(18-20-44)33(46)23-27(40)10-9-21-45(3,4)5;3-2(4,5)1(6)7/h8,11-14,22,27,42H,6-7,9-10,15-21,23-24,40H2,1-5H3;(H,6,7)/q+1;/p-1/t27-;/m0./s1. The first kappa shape index (κ1) is 46.9. The van der Waals surface area contributed by atoms with Gasteiger partial charge in [-0.3, -0.25) is 9.59 Å². The van der Waals surface area contributed by atoms with Gasteiger partial charge in [0.05, 0.1) is 32.7 Å². The van der Waals surface area contributed by atoms with Crippen molar-refractivity contribution in [2.24, 2.45) is 5.73 Å². The van der Waals surface area contributed by atoms with Gasteiger partial charge in [-0.1, -0.05) is 48.2 Å². The van der Waals surface area contributed by atoms with E-state index in [2.05, 4.69) is 30.8 Å². The molecule has 5 rings (SSSR count). The number of nitrogens with two attached hydrogens (primary N) is 1. The summed E-state index contributed by atoms with van der Waals surface area (Å²) in [4.78, 5) is 43.8. The molecule has 58 heavy (non-hydrogen) atoms. The lowest BCUT2D eigenvalue weighted by Crippen LogP contribution is -2.61. The number of nitrogens with zero attached hydrogens (tertiary/aromatic N) is 4. The van der Waals surface area contributed by atoms with Crippen LogP contribution in [0.5, 0.6) is 5.75 Å². The Morgan fingerprint density at radius 1 is 1.03 bits per heavy atom. The van der Waals surface area contributed by atoms with Gasteiger partial charge in [-0.15, -0.1) is 0 Å². The average Bonchev–Trinajstić information content (AvgIpc) is 3.59. The zero-order valence-electron chi connectivity index (χ0n) is 33.3. The monoisotopic (exact) mass is 874 g/mol. The van der Waals surface area contributed by atoms with E-state index >= 15 is 0 Å². The Labute approximate surface area is 347 Å². The Hall–Kier alpha value is -3.74. The number of rotatable bonds is 13. The molecule has 1 saturated heterocycles. The Bertz CT molecular complexity index is 2090. The van der Waals surface area contributed by atoms with Crippen LogP contribution in [0.4, 0.5) is 13.2 Å². The normalized spacial score (nSPS) is 16.5. The summed E-state index contributed by atoms with van der Waals surface area (Å²) in [7, 11) is 2.11. The van der Waals surface area contributed by atoms with Gasteiger partial charge in [0.1, 0.15) is 34.3 Å². The van der Waals surface area contributed by atoms with Crippen molar-refractivity contribution in [2.45, 2.75) is 88.1 Å².